The molecule has 0 saturated carbocycles. The van der Waals surface area contributed by atoms with Crippen LogP contribution >= 0.6 is 0 Å². The third-order valence-electron chi connectivity index (χ3n) is 9.88. The van der Waals surface area contributed by atoms with Gasteiger partial charge in [-0.25, -0.2) is 0 Å². The molecule has 0 unspecified atom stereocenters. The van der Waals surface area contributed by atoms with Gasteiger partial charge in [-0.3, -0.25) is 0 Å². The van der Waals surface area contributed by atoms with E-state index in [9.17, 15) is 23.7 Å². The van der Waals surface area contributed by atoms with Gasteiger partial charge in [0, 0.05) is 21.5 Å². The van der Waals surface area contributed by atoms with Crippen molar-refractivity contribution in [2.45, 2.75) is 33.9 Å². The summed E-state index contributed by atoms with van der Waals surface area (Å²) in [5, 5.41) is 24.7. The van der Waals surface area contributed by atoms with Crippen molar-refractivity contribution in [3.8, 4) is 34.6 Å². The second-order valence-electron chi connectivity index (χ2n) is 12.9. The molecule has 0 aliphatic heterocycles. The highest BCUT2D eigenvalue weighted by molar-refractivity contribution is 6.13. The average molecular weight is 659 g/mol. The van der Waals surface area contributed by atoms with Gasteiger partial charge in [-0.1, -0.05) is 78.9 Å². The number of alkyl halides is 3. The number of nitriles is 2. The van der Waals surface area contributed by atoms with Crippen LogP contribution < -0.4 is 0 Å². The number of hydrogen-bond donors (Lipinski definition) is 0. The van der Waals surface area contributed by atoms with Crippen molar-refractivity contribution < 1.29 is 13.2 Å². The van der Waals surface area contributed by atoms with Crippen LogP contribution in [0.15, 0.2) is 103 Å². The van der Waals surface area contributed by atoms with Gasteiger partial charge >= 0.3 is 6.18 Å². The molecule has 50 heavy (non-hydrogen) atoms. The number of nitrogens with zero attached hydrogens (tertiary/aromatic N) is 4. The van der Waals surface area contributed by atoms with Crippen LogP contribution in [0, 0.1) is 50.4 Å². The lowest BCUT2D eigenvalue weighted by Crippen LogP contribution is -2.10. The third-order valence-corrected chi connectivity index (χ3v) is 9.88. The summed E-state index contributed by atoms with van der Waals surface area (Å²) in [5.74, 6) is 0. The summed E-state index contributed by atoms with van der Waals surface area (Å²) in [6, 6.07) is 35.6. The number of para-hydroxylation sites is 4. The minimum absolute atomic E-state index is 0.0769. The molecule has 0 atom stereocenters. The SMILES string of the molecule is Cc1cccc2c3cccc(C)c3n(-c3cc(-c4ccc(C#N)cc4C(F)(F)F)cc(-n4c5c(C)cccc5c5cccc(C)c54)c3C#N)c12. The van der Waals surface area contributed by atoms with Crippen molar-refractivity contribution in [2.75, 3.05) is 0 Å². The first-order chi connectivity index (χ1) is 24.0. The molecule has 6 aromatic carbocycles. The molecule has 242 valence electrons. The van der Waals surface area contributed by atoms with Crippen LogP contribution in [0.5, 0.6) is 0 Å². The molecule has 0 spiro atoms. The first kappa shape index (κ1) is 31.0. The number of rotatable bonds is 3. The number of halogens is 3. The quantitative estimate of drug-likeness (QED) is 0.190. The lowest BCUT2D eigenvalue weighted by Gasteiger charge is -2.21. The standard InChI is InChI=1S/C43H29F3N4/c1-24-9-5-13-31-32-14-6-10-25(2)40(32)49(39(24)31)37-20-29(30-18-17-28(22-47)19-36(30)43(44,45)46)21-38(35(37)23-48)50-41-26(3)11-7-15-33(41)34-16-8-12-27(4)42(34)50/h5-21H,1-4H3. The molecular weight excluding hydrogens is 629 g/mol. The van der Waals surface area contributed by atoms with Crippen LogP contribution in [0.2, 0.25) is 0 Å². The van der Waals surface area contributed by atoms with Gasteiger partial charge in [0.25, 0.3) is 0 Å². The number of hydrogen-bond acceptors (Lipinski definition) is 2. The van der Waals surface area contributed by atoms with Crippen LogP contribution in [-0.4, -0.2) is 9.13 Å². The van der Waals surface area contributed by atoms with Crippen LogP contribution in [0.1, 0.15) is 38.9 Å². The van der Waals surface area contributed by atoms with Gasteiger partial charge in [0.1, 0.15) is 11.6 Å². The number of fused-ring (bicyclic) bond motifs is 6. The Bertz CT molecular complexity index is 2550. The molecular formula is C43H29F3N4. The van der Waals surface area contributed by atoms with Gasteiger partial charge in [0.2, 0.25) is 0 Å². The zero-order chi connectivity index (χ0) is 35.1. The molecule has 0 aliphatic carbocycles. The lowest BCUT2D eigenvalue weighted by atomic mass is 9.94. The monoisotopic (exact) mass is 658 g/mol. The lowest BCUT2D eigenvalue weighted by molar-refractivity contribution is -0.137. The zero-order valence-electron chi connectivity index (χ0n) is 27.7. The number of aryl methyl sites for hydroxylation is 4. The highest BCUT2D eigenvalue weighted by atomic mass is 19.4. The maximum atomic E-state index is 14.8. The average Bonchev–Trinajstić information content (AvgIpc) is 3.63. The minimum Gasteiger partial charge on any atom is -0.307 e. The Morgan fingerprint density at radius 1 is 0.520 bits per heavy atom. The first-order valence-electron chi connectivity index (χ1n) is 16.2. The first-order valence-corrected chi connectivity index (χ1v) is 16.2. The van der Waals surface area contributed by atoms with Gasteiger partial charge < -0.3 is 9.13 Å². The molecule has 0 fully saturated rings. The van der Waals surface area contributed by atoms with Crippen molar-refractivity contribution in [2.24, 2.45) is 0 Å². The Labute approximate surface area is 286 Å². The molecule has 0 radical (unpaired) electrons. The Kier molecular flexibility index (Phi) is 6.89. The maximum Gasteiger partial charge on any atom is 0.417 e. The van der Waals surface area contributed by atoms with Crippen molar-refractivity contribution >= 4 is 43.6 Å². The predicted octanol–water partition coefficient (Wildman–Crippen LogP) is 11.5. The molecule has 0 bridgehead atoms. The summed E-state index contributed by atoms with van der Waals surface area (Å²) in [4.78, 5) is 0. The van der Waals surface area contributed by atoms with Crippen molar-refractivity contribution in [1.82, 2.24) is 9.13 Å². The summed E-state index contributed by atoms with van der Waals surface area (Å²) in [5.41, 5.74) is 7.83. The summed E-state index contributed by atoms with van der Waals surface area (Å²) in [6.07, 6.45) is -4.74. The number of aromatic nitrogens is 2. The van der Waals surface area contributed by atoms with E-state index in [1.165, 1.54) is 12.1 Å². The Hall–Kier alpha value is -6.31. The van der Waals surface area contributed by atoms with E-state index in [1.54, 1.807) is 12.1 Å². The zero-order valence-corrected chi connectivity index (χ0v) is 27.7. The van der Waals surface area contributed by atoms with Crippen molar-refractivity contribution in [3.63, 3.8) is 0 Å². The van der Waals surface area contributed by atoms with Crippen molar-refractivity contribution in [3.05, 3.63) is 142 Å². The van der Waals surface area contributed by atoms with Crippen LogP contribution in [0.25, 0.3) is 66.1 Å². The molecule has 4 nitrogen and oxygen atoms in total. The summed E-state index contributed by atoms with van der Waals surface area (Å²) in [7, 11) is 0. The fourth-order valence-electron chi connectivity index (χ4n) is 7.73. The molecule has 0 aliphatic rings. The minimum atomic E-state index is -4.74. The topological polar surface area (TPSA) is 57.4 Å². The molecule has 8 aromatic rings. The Morgan fingerprint density at radius 3 is 1.26 bits per heavy atom. The molecule has 7 heteroatoms. The fraction of sp³-hybridized carbons (Fsp3) is 0.116. The molecule has 2 aromatic heterocycles. The van der Waals surface area contributed by atoms with E-state index in [4.69, 9.17) is 0 Å². The van der Waals surface area contributed by atoms with Crippen molar-refractivity contribution in [1.29, 1.82) is 10.5 Å². The maximum absolute atomic E-state index is 14.8. The van der Waals surface area contributed by atoms with Gasteiger partial charge in [-0.15, -0.1) is 0 Å². The van der Waals surface area contributed by atoms with E-state index in [0.29, 0.717) is 16.9 Å². The normalized spacial score (nSPS) is 11.9. The summed E-state index contributed by atoms with van der Waals surface area (Å²) in [6.45, 7) is 8.02. The molecule has 0 N–H and O–H groups in total. The van der Waals surface area contributed by atoms with Crippen LogP contribution in [-0.2, 0) is 6.18 Å². The Morgan fingerprint density at radius 2 is 0.920 bits per heavy atom. The van der Waals surface area contributed by atoms with Gasteiger partial charge in [-0.05, 0) is 85.3 Å². The second-order valence-corrected chi connectivity index (χ2v) is 12.9. The van der Waals surface area contributed by atoms with Crippen LogP contribution in [0.4, 0.5) is 13.2 Å². The molecule has 8 rings (SSSR count). The van der Waals surface area contributed by atoms with E-state index in [2.05, 4.69) is 6.07 Å². The largest absolute Gasteiger partial charge is 0.417 e. The van der Waals surface area contributed by atoms with Gasteiger partial charge in [0.15, 0.2) is 0 Å². The predicted molar refractivity (Wildman–Crippen MR) is 194 cm³/mol. The van der Waals surface area contributed by atoms with E-state index >= 15 is 0 Å². The van der Waals surface area contributed by atoms with Gasteiger partial charge in [0.05, 0.1) is 50.6 Å². The van der Waals surface area contributed by atoms with E-state index in [0.717, 1.165) is 71.9 Å². The van der Waals surface area contributed by atoms with E-state index in [-0.39, 0.29) is 16.7 Å². The smallest absolute Gasteiger partial charge is 0.307 e. The fourth-order valence-corrected chi connectivity index (χ4v) is 7.73. The Balaban J connectivity index is 1.64. The third kappa shape index (κ3) is 4.44. The molecule has 0 saturated heterocycles. The number of benzene rings is 6. The molecule has 0 amide bonds. The van der Waals surface area contributed by atoms with E-state index in [1.807, 2.05) is 116 Å². The summed E-state index contributed by atoms with van der Waals surface area (Å²) < 4.78 is 48.5. The van der Waals surface area contributed by atoms with Crippen LogP contribution in [0.3, 0.4) is 0 Å². The highest BCUT2D eigenvalue weighted by Crippen LogP contribution is 2.44. The molecule has 2 heterocycles. The van der Waals surface area contributed by atoms with Gasteiger partial charge in [-0.2, -0.15) is 23.7 Å². The van der Waals surface area contributed by atoms with E-state index < -0.39 is 11.7 Å². The second kappa shape index (κ2) is 11.1. The summed E-state index contributed by atoms with van der Waals surface area (Å²) >= 11 is 0. The highest BCUT2D eigenvalue weighted by Gasteiger charge is 2.35.